The predicted octanol–water partition coefficient (Wildman–Crippen LogP) is 3.39. The van der Waals surface area contributed by atoms with Crippen LogP contribution >= 0.6 is 0 Å². The number of nitrogens with zero attached hydrogens (tertiary/aromatic N) is 3. The molecule has 126 valence electrons. The first-order valence-corrected chi connectivity index (χ1v) is 8.35. The molecule has 0 unspecified atom stereocenters. The molecule has 4 rings (SSSR count). The Hall–Kier alpha value is -3.08. The first-order valence-electron chi connectivity index (χ1n) is 8.35. The van der Waals surface area contributed by atoms with Crippen LogP contribution in [0.2, 0.25) is 0 Å². The van der Waals surface area contributed by atoms with Crippen LogP contribution in [0.3, 0.4) is 0 Å². The van der Waals surface area contributed by atoms with Crippen LogP contribution in [-0.2, 0) is 0 Å². The Morgan fingerprint density at radius 1 is 1.04 bits per heavy atom. The molecule has 1 fully saturated rings. The molecule has 2 heterocycles. The Balaban J connectivity index is 1.86. The van der Waals surface area contributed by atoms with E-state index in [0.717, 1.165) is 30.8 Å². The van der Waals surface area contributed by atoms with E-state index in [1.54, 1.807) is 11.8 Å². The second-order valence-electron chi connectivity index (χ2n) is 6.02. The quantitative estimate of drug-likeness (QED) is 0.735. The Morgan fingerprint density at radius 3 is 2.44 bits per heavy atom. The summed E-state index contributed by atoms with van der Waals surface area (Å²) in [6.45, 7) is 1.61. The van der Waals surface area contributed by atoms with Crippen molar-refractivity contribution in [3.63, 3.8) is 0 Å². The van der Waals surface area contributed by atoms with Gasteiger partial charge in [0.2, 0.25) is 0 Å². The summed E-state index contributed by atoms with van der Waals surface area (Å²) in [6, 6.07) is 17.5. The monoisotopic (exact) mass is 333 g/mol. The Bertz CT molecular complexity index is 898. The second-order valence-corrected chi connectivity index (χ2v) is 6.02. The molecule has 5 nitrogen and oxygen atoms in total. The number of rotatable bonds is 4. The summed E-state index contributed by atoms with van der Waals surface area (Å²) >= 11 is 0. The number of benzene rings is 2. The van der Waals surface area contributed by atoms with E-state index < -0.39 is 0 Å². The van der Waals surface area contributed by atoms with Gasteiger partial charge in [0.15, 0.2) is 0 Å². The smallest absolute Gasteiger partial charge is 0.257 e. The van der Waals surface area contributed by atoms with Gasteiger partial charge in [0.05, 0.1) is 18.4 Å². The van der Waals surface area contributed by atoms with Crippen LogP contribution in [0.25, 0.3) is 16.9 Å². The summed E-state index contributed by atoms with van der Waals surface area (Å²) in [5.41, 5.74) is 3.00. The highest BCUT2D eigenvalue weighted by Gasteiger charge is 2.27. The van der Waals surface area contributed by atoms with Gasteiger partial charge in [-0.05, 0) is 30.7 Å². The van der Waals surface area contributed by atoms with Crippen LogP contribution in [0.15, 0.2) is 60.8 Å². The van der Waals surface area contributed by atoms with Gasteiger partial charge in [0, 0.05) is 24.8 Å². The molecule has 5 heteroatoms. The zero-order valence-electron chi connectivity index (χ0n) is 14.1. The summed E-state index contributed by atoms with van der Waals surface area (Å²) in [4.78, 5) is 14.7. The number of ether oxygens (including phenoxy) is 1. The summed E-state index contributed by atoms with van der Waals surface area (Å²) in [5.74, 6) is 0.729. The van der Waals surface area contributed by atoms with Crippen LogP contribution in [-0.4, -0.2) is 40.8 Å². The van der Waals surface area contributed by atoms with Crippen molar-refractivity contribution >= 4 is 5.91 Å². The number of methoxy groups -OCH3 is 1. The number of amides is 1. The van der Waals surface area contributed by atoms with Crippen molar-refractivity contribution in [1.29, 1.82) is 0 Å². The molecule has 0 radical (unpaired) electrons. The molecule has 1 aliphatic heterocycles. The van der Waals surface area contributed by atoms with E-state index in [-0.39, 0.29) is 5.91 Å². The van der Waals surface area contributed by atoms with Crippen molar-refractivity contribution in [1.82, 2.24) is 14.7 Å². The van der Waals surface area contributed by atoms with Crippen molar-refractivity contribution in [3.8, 4) is 22.7 Å². The molecule has 1 saturated heterocycles. The Kier molecular flexibility index (Phi) is 3.98. The third kappa shape index (κ3) is 2.78. The Labute approximate surface area is 146 Å². The van der Waals surface area contributed by atoms with Crippen LogP contribution in [0.4, 0.5) is 0 Å². The van der Waals surface area contributed by atoms with Gasteiger partial charge in [-0.1, -0.05) is 30.3 Å². The maximum atomic E-state index is 12.9. The average Bonchev–Trinajstić information content (AvgIpc) is 3.06. The molecule has 1 amide bonds. The van der Waals surface area contributed by atoms with E-state index in [2.05, 4.69) is 0 Å². The maximum absolute atomic E-state index is 12.9. The predicted molar refractivity (Wildman–Crippen MR) is 96.1 cm³/mol. The minimum Gasteiger partial charge on any atom is -0.496 e. The maximum Gasteiger partial charge on any atom is 0.257 e. The highest BCUT2D eigenvalue weighted by molar-refractivity contribution is 6.00. The molecule has 25 heavy (non-hydrogen) atoms. The van der Waals surface area contributed by atoms with Gasteiger partial charge in [-0.3, -0.25) is 4.79 Å². The van der Waals surface area contributed by atoms with E-state index in [1.165, 1.54) is 0 Å². The van der Waals surface area contributed by atoms with Crippen molar-refractivity contribution in [2.45, 2.75) is 6.42 Å². The molecule has 2 aromatic carbocycles. The molecule has 1 aromatic heterocycles. The van der Waals surface area contributed by atoms with Crippen LogP contribution in [0.5, 0.6) is 5.75 Å². The zero-order valence-corrected chi connectivity index (χ0v) is 14.1. The number of aromatic nitrogens is 2. The number of hydrogen-bond donors (Lipinski definition) is 0. The van der Waals surface area contributed by atoms with Crippen molar-refractivity contribution in [3.05, 3.63) is 66.4 Å². The van der Waals surface area contributed by atoms with Gasteiger partial charge in [-0.15, -0.1) is 0 Å². The van der Waals surface area contributed by atoms with E-state index in [1.807, 2.05) is 65.7 Å². The number of para-hydroxylation sites is 2. The lowest BCUT2D eigenvalue weighted by Gasteiger charge is -2.30. The minimum atomic E-state index is 0.0225. The summed E-state index contributed by atoms with van der Waals surface area (Å²) in [6.07, 6.45) is 2.88. The molecule has 0 spiro atoms. The van der Waals surface area contributed by atoms with Crippen molar-refractivity contribution < 1.29 is 9.53 Å². The van der Waals surface area contributed by atoms with Crippen molar-refractivity contribution in [2.75, 3.05) is 20.2 Å². The number of hydrogen-bond acceptors (Lipinski definition) is 3. The lowest BCUT2D eigenvalue weighted by atomic mass is 10.0. The average molecular weight is 333 g/mol. The normalized spacial score (nSPS) is 13.4. The number of likely N-dealkylation sites (tertiary alicyclic amines) is 1. The van der Waals surface area contributed by atoms with E-state index >= 15 is 0 Å². The van der Waals surface area contributed by atoms with Gasteiger partial charge in [-0.2, -0.15) is 5.10 Å². The van der Waals surface area contributed by atoms with Gasteiger partial charge in [0.25, 0.3) is 5.91 Å². The van der Waals surface area contributed by atoms with Gasteiger partial charge in [0.1, 0.15) is 11.4 Å². The topological polar surface area (TPSA) is 47.4 Å². The van der Waals surface area contributed by atoms with E-state index in [4.69, 9.17) is 9.84 Å². The van der Waals surface area contributed by atoms with Crippen LogP contribution in [0.1, 0.15) is 16.8 Å². The van der Waals surface area contributed by atoms with Gasteiger partial charge in [-0.25, -0.2) is 4.68 Å². The zero-order chi connectivity index (χ0) is 17.2. The molecule has 0 saturated carbocycles. The molecular weight excluding hydrogens is 314 g/mol. The molecule has 0 aliphatic carbocycles. The fraction of sp³-hybridized carbons (Fsp3) is 0.200. The van der Waals surface area contributed by atoms with E-state index in [9.17, 15) is 4.79 Å². The molecule has 0 atom stereocenters. The number of carbonyl (C=O) groups excluding carboxylic acids is 1. The number of carbonyl (C=O) groups is 1. The minimum absolute atomic E-state index is 0.0225. The highest BCUT2D eigenvalue weighted by atomic mass is 16.5. The fourth-order valence-electron chi connectivity index (χ4n) is 2.97. The molecule has 0 N–H and O–H groups in total. The first kappa shape index (κ1) is 15.4. The standard InChI is InChI=1S/C20H19N3O2/c1-25-18-11-6-5-10-16(18)19-17(20(24)22-12-7-13-22)14-23(21-19)15-8-3-2-4-9-15/h2-6,8-11,14H,7,12-13H2,1H3. The first-order chi connectivity index (χ1) is 12.3. The Morgan fingerprint density at radius 2 is 1.76 bits per heavy atom. The fourth-order valence-corrected chi connectivity index (χ4v) is 2.97. The summed E-state index contributed by atoms with van der Waals surface area (Å²) < 4.78 is 7.23. The lowest BCUT2D eigenvalue weighted by molar-refractivity contribution is 0.0652. The van der Waals surface area contributed by atoms with Crippen molar-refractivity contribution in [2.24, 2.45) is 0 Å². The van der Waals surface area contributed by atoms with Crippen LogP contribution in [0, 0.1) is 0 Å². The third-order valence-corrected chi connectivity index (χ3v) is 4.47. The lowest BCUT2D eigenvalue weighted by Crippen LogP contribution is -2.42. The van der Waals surface area contributed by atoms with Gasteiger partial charge >= 0.3 is 0 Å². The largest absolute Gasteiger partial charge is 0.496 e. The van der Waals surface area contributed by atoms with Gasteiger partial charge < -0.3 is 9.64 Å². The highest BCUT2D eigenvalue weighted by Crippen LogP contribution is 2.32. The molecular formula is C20H19N3O2. The molecule has 0 bridgehead atoms. The third-order valence-electron chi connectivity index (χ3n) is 4.47. The van der Waals surface area contributed by atoms with E-state index in [0.29, 0.717) is 17.0 Å². The SMILES string of the molecule is COc1ccccc1-c1nn(-c2ccccc2)cc1C(=O)N1CCC1. The summed E-state index contributed by atoms with van der Waals surface area (Å²) in [5, 5.41) is 4.71. The molecule has 1 aliphatic rings. The van der Waals surface area contributed by atoms with Crippen LogP contribution < -0.4 is 4.74 Å². The summed E-state index contributed by atoms with van der Waals surface area (Å²) in [7, 11) is 1.63. The molecule has 3 aromatic rings. The second kappa shape index (κ2) is 6.43.